The van der Waals surface area contributed by atoms with Crippen LogP contribution in [-0.2, 0) is 0 Å². The number of halogens is 1. The van der Waals surface area contributed by atoms with Crippen LogP contribution in [0.5, 0.6) is 0 Å². The summed E-state index contributed by atoms with van der Waals surface area (Å²) in [4.78, 5) is 0. The molecule has 0 aliphatic heterocycles. The van der Waals surface area contributed by atoms with Crippen molar-refractivity contribution in [2.75, 3.05) is 7.05 Å². The van der Waals surface area contributed by atoms with Crippen LogP contribution >= 0.6 is 0 Å². The average molecular weight is 235 g/mol. The van der Waals surface area contributed by atoms with Crippen molar-refractivity contribution in [3.63, 3.8) is 0 Å². The van der Waals surface area contributed by atoms with E-state index < -0.39 is 0 Å². The Hall–Kier alpha value is -0.890. The maximum absolute atomic E-state index is 13.4. The van der Waals surface area contributed by atoms with Crippen molar-refractivity contribution in [3.05, 3.63) is 35.1 Å². The lowest BCUT2D eigenvalue weighted by Gasteiger charge is -2.26. The van der Waals surface area contributed by atoms with E-state index in [1.54, 1.807) is 12.1 Å². The first kappa shape index (κ1) is 12.6. The van der Waals surface area contributed by atoms with Crippen LogP contribution in [0.3, 0.4) is 0 Å². The van der Waals surface area contributed by atoms with Crippen LogP contribution in [-0.4, -0.2) is 13.1 Å². The summed E-state index contributed by atoms with van der Waals surface area (Å²) < 4.78 is 13.4. The molecule has 2 unspecified atom stereocenters. The van der Waals surface area contributed by atoms with Gasteiger partial charge in [0.05, 0.1) is 0 Å². The van der Waals surface area contributed by atoms with E-state index >= 15 is 0 Å². The molecular weight excluding hydrogens is 213 g/mol. The summed E-state index contributed by atoms with van der Waals surface area (Å²) in [5, 5.41) is 3.42. The Morgan fingerprint density at radius 1 is 1.18 bits per heavy atom. The summed E-state index contributed by atoms with van der Waals surface area (Å²) in [7, 11) is 2.03. The molecule has 1 aromatic carbocycles. The molecule has 0 spiro atoms. The molecule has 94 valence electrons. The van der Waals surface area contributed by atoms with Gasteiger partial charge in [0.1, 0.15) is 5.82 Å². The average Bonchev–Trinajstić information content (AvgIpc) is 2.57. The standard InChI is InChI=1S/C15H22FN/c1-11-8-9-12(16)10-14(11)13-6-4-3-5-7-15(13)17-2/h8-10,13,15,17H,3-7H2,1-2H3. The van der Waals surface area contributed by atoms with Crippen molar-refractivity contribution >= 4 is 0 Å². The fraction of sp³-hybridized carbons (Fsp3) is 0.600. The molecule has 1 nitrogen and oxygen atoms in total. The molecule has 1 N–H and O–H groups in total. The number of likely N-dealkylation sites (N-methyl/N-ethyl adjacent to an activating group) is 1. The quantitative estimate of drug-likeness (QED) is 0.769. The van der Waals surface area contributed by atoms with Crippen molar-refractivity contribution in [3.8, 4) is 0 Å². The molecule has 1 aliphatic rings. The van der Waals surface area contributed by atoms with Gasteiger partial charge in [-0.3, -0.25) is 0 Å². The van der Waals surface area contributed by atoms with Crippen molar-refractivity contribution in [2.24, 2.45) is 0 Å². The van der Waals surface area contributed by atoms with Crippen LogP contribution < -0.4 is 5.32 Å². The van der Waals surface area contributed by atoms with Gasteiger partial charge in [-0.25, -0.2) is 4.39 Å². The minimum atomic E-state index is -0.107. The molecule has 0 radical (unpaired) electrons. The van der Waals surface area contributed by atoms with Gasteiger partial charge in [0.15, 0.2) is 0 Å². The Labute approximate surface area is 103 Å². The van der Waals surface area contributed by atoms with Crippen LogP contribution in [0, 0.1) is 12.7 Å². The maximum Gasteiger partial charge on any atom is 0.123 e. The van der Waals surface area contributed by atoms with E-state index in [4.69, 9.17) is 0 Å². The molecule has 1 aromatic rings. The van der Waals surface area contributed by atoms with Gasteiger partial charge in [-0.05, 0) is 56.0 Å². The number of rotatable bonds is 2. The second-order valence-corrected chi connectivity index (χ2v) is 5.14. The van der Waals surface area contributed by atoms with Gasteiger partial charge in [-0.1, -0.05) is 25.3 Å². The van der Waals surface area contributed by atoms with Crippen LogP contribution in [0.15, 0.2) is 18.2 Å². The molecule has 17 heavy (non-hydrogen) atoms. The van der Waals surface area contributed by atoms with Crippen LogP contribution in [0.25, 0.3) is 0 Å². The zero-order valence-corrected chi connectivity index (χ0v) is 10.8. The molecule has 0 amide bonds. The van der Waals surface area contributed by atoms with Gasteiger partial charge in [0.25, 0.3) is 0 Å². The van der Waals surface area contributed by atoms with E-state index in [1.807, 2.05) is 13.1 Å². The second kappa shape index (κ2) is 5.63. The van der Waals surface area contributed by atoms with Gasteiger partial charge in [0, 0.05) is 6.04 Å². The molecule has 1 saturated carbocycles. The highest BCUT2D eigenvalue weighted by molar-refractivity contribution is 5.31. The fourth-order valence-electron chi connectivity index (χ4n) is 3.04. The molecule has 0 bridgehead atoms. The molecule has 1 fully saturated rings. The van der Waals surface area contributed by atoms with Crippen molar-refractivity contribution in [2.45, 2.75) is 51.0 Å². The van der Waals surface area contributed by atoms with Crippen molar-refractivity contribution in [1.82, 2.24) is 5.32 Å². The number of benzene rings is 1. The van der Waals surface area contributed by atoms with Gasteiger partial charge in [-0.15, -0.1) is 0 Å². The fourth-order valence-corrected chi connectivity index (χ4v) is 3.04. The zero-order valence-electron chi connectivity index (χ0n) is 10.8. The Balaban J connectivity index is 2.31. The first-order valence-corrected chi connectivity index (χ1v) is 6.65. The maximum atomic E-state index is 13.4. The van der Waals surface area contributed by atoms with Gasteiger partial charge < -0.3 is 5.32 Å². The van der Waals surface area contributed by atoms with Gasteiger partial charge in [0.2, 0.25) is 0 Å². The summed E-state index contributed by atoms with van der Waals surface area (Å²) in [6.07, 6.45) is 6.24. The highest BCUT2D eigenvalue weighted by Crippen LogP contribution is 2.33. The summed E-state index contributed by atoms with van der Waals surface area (Å²) in [6.45, 7) is 2.09. The van der Waals surface area contributed by atoms with E-state index in [9.17, 15) is 4.39 Å². The molecular formula is C15H22FN. The molecule has 0 aromatic heterocycles. The van der Waals surface area contributed by atoms with Crippen LogP contribution in [0.4, 0.5) is 4.39 Å². The molecule has 0 saturated heterocycles. The molecule has 0 heterocycles. The summed E-state index contributed by atoms with van der Waals surface area (Å²) in [5.74, 6) is 0.364. The molecule has 2 rings (SSSR count). The lowest BCUT2D eigenvalue weighted by atomic mass is 9.85. The number of hydrogen-bond acceptors (Lipinski definition) is 1. The minimum Gasteiger partial charge on any atom is -0.316 e. The lowest BCUT2D eigenvalue weighted by molar-refractivity contribution is 0.436. The highest BCUT2D eigenvalue weighted by Gasteiger charge is 2.25. The summed E-state index contributed by atoms with van der Waals surface area (Å²) in [5.41, 5.74) is 2.42. The number of hydrogen-bond donors (Lipinski definition) is 1. The first-order chi connectivity index (χ1) is 8.22. The Bertz CT molecular complexity index is 375. The summed E-state index contributed by atoms with van der Waals surface area (Å²) in [6, 6.07) is 5.69. The Morgan fingerprint density at radius 2 is 1.94 bits per heavy atom. The topological polar surface area (TPSA) is 12.0 Å². The SMILES string of the molecule is CNC1CCCCCC1c1cc(F)ccc1C. The van der Waals surface area contributed by atoms with Crippen molar-refractivity contribution in [1.29, 1.82) is 0 Å². The van der Waals surface area contributed by atoms with E-state index in [0.717, 1.165) is 0 Å². The van der Waals surface area contributed by atoms with Crippen LogP contribution in [0.2, 0.25) is 0 Å². The van der Waals surface area contributed by atoms with E-state index in [0.29, 0.717) is 12.0 Å². The monoisotopic (exact) mass is 235 g/mol. The molecule has 2 atom stereocenters. The Kier molecular flexibility index (Phi) is 4.16. The van der Waals surface area contributed by atoms with Gasteiger partial charge >= 0.3 is 0 Å². The predicted octanol–water partition coefficient (Wildman–Crippen LogP) is 3.77. The predicted molar refractivity (Wildman–Crippen MR) is 69.8 cm³/mol. The smallest absolute Gasteiger partial charge is 0.123 e. The third kappa shape index (κ3) is 2.86. The first-order valence-electron chi connectivity index (χ1n) is 6.65. The highest BCUT2D eigenvalue weighted by atomic mass is 19.1. The zero-order chi connectivity index (χ0) is 12.3. The third-order valence-corrected chi connectivity index (χ3v) is 4.03. The molecule has 1 aliphatic carbocycles. The van der Waals surface area contributed by atoms with E-state index in [2.05, 4.69) is 12.2 Å². The van der Waals surface area contributed by atoms with Crippen molar-refractivity contribution < 1.29 is 4.39 Å². The normalized spacial score (nSPS) is 25.6. The number of aryl methyl sites for hydroxylation is 1. The third-order valence-electron chi connectivity index (χ3n) is 4.03. The van der Waals surface area contributed by atoms with Gasteiger partial charge in [-0.2, -0.15) is 0 Å². The van der Waals surface area contributed by atoms with Crippen LogP contribution in [0.1, 0.15) is 49.1 Å². The Morgan fingerprint density at radius 3 is 2.71 bits per heavy atom. The summed E-state index contributed by atoms with van der Waals surface area (Å²) >= 11 is 0. The minimum absolute atomic E-state index is 0.107. The largest absolute Gasteiger partial charge is 0.316 e. The van der Waals surface area contributed by atoms with E-state index in [1.165, 1.54) is 43.2 Å². The van der Waals surface area contributed by atoms with E-state index in [-0.39, 0.29) is 5.82 Å². The number of nitrogens with one attached hydrogen (secondary N) is 1. The lowest BCUT2D eigenvalue weighted by Crippen LogP contribution is -2.31. The second-order valence-electron chi connectivity index (χ2n) is 5.14. The molecule has 2 heteroatoms.